The standard InChI is InChI=1S/C21H24N4O3.2C2H6/c1-6-24(5)17-8-7-14(9-13(17)4)25-20(22-23-21(25)28)16-10-15(12(2)3)18(26)11-19(16)27;2*1-2/h6-12,26-27H,1H2,2-5H3,(H,23,28);2*1-2H3. The zero-order valence-corrected chi connectivity index (χ0v) is 20.4. The molecule has 32 heavy (non-hydrogen) atoms. The van der Waals surface area contributed by atoms with Crippen LogP contribution in [0.15, 0.2) is 47.9 Å². The van der Waals surface area contributed by atoms with Crippen molar-refractivity contribution in [3.05, 3.63) is 64.7 Å². The average Bonchev–Trinajstić information content (AvgIpc) is 3.16. The predicted molar refractivity (Wildman–Crippen MR) is 133 cm³/mol. The van der Waals surface area contributed by atoms with Crippen LogP contribution in [0.3, 0.4) is 0 Å². The number of aromatic hydroxyl groups is 2. The van der Waals surface area contributed by atoms with Crippen LogP contribution in [0.25, 0.3) is 17.1 Å². The van der Waals surface area contributed by atoms with E-state index >= 15 is 0 Å². The number of phenolic OH excluding ortho intramolecular Hbond substituents is 2. The molecular weight excluding hydrogens is 404 g/mol. The Morgan fingerprint density at radius 1 is 1.09 bits per heavy atom. The third kappa shape index (κ3) is 5.41. The summed E-state index contributed by atoms with van der Waals surface area (Å²) in [6.07, 6.45) is 1.71. The minimum Gasteiger partial charge on any atom is -0.508 e. The summed E-state index contributed by atoms with van der Waals surface area (Å²) in [4.78, 5) is 14.4. The van der Waals surface area contributed by atoms with Crippen LogP contribution in [0.2, 0.25) is 0 Å². The van der Waals surface area contributed by atoms with E-state index in [0.717, 1.165) is 11.3 Å². The average molecular weight is 441 g/mol. The second-order valence-corrected chi connectivity index (χ2v) is 7.03. The fourth-order valence-corrected chi connectivity index (χ4v) is 3.23. The number of hydrogen-bond donors (Lipinski definition) is 3. The van der Waals surface area contributed by atoms with Gasteiger partial charge in [-0.3, -0.25) is 0 Å². The second kappa shape index (κ2) is 11.8. The van der Waals surface area contributed by atoms with Crippen LogP contribution in [0.1, 0.15) is 58.6 Å². The van der Waals surface area contributed by atoms with Crippen LogP contribution in [0.4, 0.5) is 5.69 Å². The summed E-state index contributed by atoms with van der Waals surface area (Å²) in [5.41, 5.74) is 3.14. The van der Waals surface area contributed by atoms with Gasteiger partial charge in [0.1, 0.15) is 11.5 Å². The first-order valence-corrected chi connectivity index (χ1v) is 10.9. The first-order valence-electron chi connectivity index (χ1n) is 10.9. The first-order chi connectivity index (χ1) is 15.2. The Morgan fingerprint density at radius 3 is 2.25 bits per heavy atom. The molecule has 3 N–H and O–H groups in total. The molecular formula is C25H36N4O3. The summed E-state index contributed by atoms with van der Waals surface area (Å²) < 4.78 is 1.40. The van der Waals surface area contributed by atoms with E-state index in [1.807, 2.05) is 78.6 Å². The van der Waals surface area contributed by atoms with Gasteiger partial charge in [0.25, 0.3) is 0 Å². The molecule has 0 radical (unpaired) electrons. The first kappa shape index (κ1) is 26.6. The van der Waals surface area contributed by atoms with Crippen LogP contribution in [-0.4, -0.2) is 32.0 Å². The molecule has 3 aromatic rings. The van der Waals surface area contributed by atoms with Crippen LogP contribution in [-0.2, 0) is 0 Å². The number of H-pyrrole nitrogens is 1. The van der Waals surface area contributed by atoms with Crippen molar-refractivity contribution in [1.29, 1.82) is 0 Å². The Bertz CT molecular complexity index is 1100. The van der Waals surface area contributed by atoms with Crippen LogP contribution in [0, 0.1) is 6.92 Å². The van der Waals surface area contributed by atoms with Gasteiger partial charge in [-0.15, -0.1) is 0 Å². The van der Waals surface area contributed by atoms with Gasteiger partial charge in [-0.2, -0.15) is 5.10 Å². The number of aromatic amines is 1. The lowest BCUT2D eigenvalue weighted by Gasteiger charge is -2.18. The molecule has 0 amide bonds. The number of aromatic nitrogens is 3. The van der Waals surface area contributed by atoms with Gasteiger partial charge in [0.2, 0.25) is 0 Å². The Labute approximate surface area is 190 Å². The molecule has 0 unspecified atom stereocenters. The molecule has 0 aliphatic heterocycles. The minimum absolute atomic E-state index is 0.00772. The van der Waals surface area contributed by atoms with Gasteiger partial charge in [-0.05, 0) is 54.4 Å². The van der Waals surface area contributed by atoms with Gasteiger partial charge in [0.15, 0.2) is 5.82 Å². The molecule has 0 fully saturated rings. The van der Waals surface area contributed by atoms with Crippen LogP contribution >= 0.6 is 0 Å². The smallest absolute Gasteiger partial charge is 0.348 e. The van der Waals surface area contributed by atoms with Crippen molar-refractivity contribution in [3.63, 3.8) is 0 Å². The Morgan fingerprint density at radius 2 is 1.72 bits per heavy atom. The summed E-state index contributed by atoms with van der Waals surface area (Å²) in [5, 5.41) is 27.0. The van der Waals surface area contributed by atoms with E-state index in [2.05, 4.69) is 16.8 Å². The van der Waals surface area contributed by atoms with E-state index in [0.29, 0.717) is 16.8 Å². The maximum atomic E-state index is 12.5. The van der Waals surface area contributed by atoms with E-state index in [-0.39, 0.29) is 23.2 Å². The van der Waals surface area contributed by atoms with E-state index in [4.69, 9.17) is 0 Å². The summed E-state index contributed by atoms with van der Waals surface area (Å²) >= 11 is 0. The van der Waals surface area contributed by atoms with Gasteiger partial charge in [0.05, 0.1) is 11.3 Å². The van der Waals surface area contributed by atoms with E-state index < -0.39 is 5.69 Å². The normalized spacial score (nSPS) is 10.0. The topological polar surface area (TPSA) is 94.4 Å². The molecule has 7 nitrogen and oxygen atoms in total. The van der Waals surface area contributed by atoms with Gasteiger partial charge in [0, 0.05) is 18.8 Å². The number of anilines is 1. The highest BCUT2D eigenvalue weighted by atomic mass is 16.3. The Kier molecular flexibility index (Phi) is 9.78. The number of hydrogen-bond acceptors (Lipinski definition) is 5. The molecule has 2 aromatic carbocycles. The quantitative estimate of drug-likeness (QED) is 0.473. The minimum atomic E-state index is -0.419. The van der Waals surface area contributed by atoms with Crippen LogP contribution in [0.5, 0.6) is 11.5 Å². The fraction of sp³-hybridized carbons (Fsp3) is 0.360. The number of aryl methyl sites for hydroxylation is 1. The van der Waals surface area contributed by atoms with Crippen molar-refractivity contribution in [1.82, 2.24) is 14.8 Å². The van der Waals surface area contributed by atoms with Crippen molar-refractivity contribution >= 4 is 5.69 Å². The van der Waals surface area contributed by atoms with Crippen LogP contribution < -0.4 is 10.6 Å². The molecule has 1 aromatic heterocycles. The van der Waals surface area contributed by atoms with Gasteiger partial charge in [-0.25, -0.2) is 14.5 Å². The maximum absolute atomic E-state index is 12.5. The monoisotopic (exact) mass is 440 g/mol. The third-order valence-corrected chi connectivity index (χ3v) is 4.77. The third-order valence-electron chi connectivity index (χ3n) is 4.77. The highest BCUT2D eigenvalue weighted by Gasteiger charge is 2.20. The molecule has 0 saturated heterocycles. The van der Waals surface area contributed by atoms with Gasteiger partial charge < -0.3 is 15.1 Å². The molecule has 0 bridgehead atoms. The number of nitrogens with one attached hydrogen (secondary N) is 1. The number of phenols is 2. The molecule has 3 rings (SSSR count). The van der Waals surface area contributed by atoms with Crippen molar-refractivity contribution in [3.8, 4) is 28.6 Å². The number of nitrogens with zero attached hydrogens (tertiary/aromatic N) is 3. The summed E-state index contributed by atoms with van der Waals surface area (Å²) in [6.45, 7) is 17.6. The lowest BCUT2D eigenvalue weighted by molar-refractivity contribution is 0.444. The Balaban J connectivity index is 0.00000121. The Hall–Kier alpha value is -3.48. The molecule has 7 heteroatoms. The van der Waals surface area contributed by atoms with Gasteiger partial charge >= 0.3 is 5.69 Å². The van der Waals surface area contributed by atoms with Crippen molar-refractivity contribution < 1.29 is 10.2 Å². The summed E-state index contributed by atoms with van der Waals surface area (Å²) in [5.74, 6) is 0.165. The molecule has 0 atom stereocenters. The molecule has 0 saturated carbocycles. The van der Waals surface area contributed by atoms with Crippen molar-refractivity contribution in [2.75, 3.05) is 11.9 Å². The van der Waals surface area contributed by atoms with E-state index in [9.17, 15) is 15.0 Å². The molecule has 0 spiro atoms. The van der Waals surface area contributed by atoms with E-state index in [1.165, 1.54) is 10.6 Å². The largest absolute Gasteiger partial charge is 0.508 e. The molecule has 0 aliphatic carbocycles. The summed E-state index contributed by atoms with van der Waals surface area (Å²) in [7, 11) is 1.90. The van der Waals surface area contributed by atoms with Gasteiger partial charge in [-0.1, -0.05) is 48.1 Å². The summed E-state index contributed by atoms with van der Waals surface area (Å²) in [6, 6.07) is 8.52. The second-order valence-electron chi connectivity index (χ2n) is 7.03. The molecule has 174 valence electrons. The lowest BCUT2D eigenvalue weighted by atomic mass is 9.98. The molecule has 1 heterocycles. The lowest BCUT2D eigenvalue weighted by Crippen LogP contribution is -2.16. The van der Waals surface area contributed by atoms with E-state index in [1.54, 1.807) is 12.3 Å². The SMILES string of the molecule is C=CN(C)c1ccc(-n2c(-c3cc(C(C)C)c(O)cc3O)n[nH]c2=O)cc1C.CC.CC. The fourth-order valence-electron chi connectivity index (χ4n) is 3.23. The highest BCUT2D eigenvalue weighted by molar-refractivity contribution is 5.69. The highest BCUT2D eigenvalue weighted by Crippen LogP contribution is 2.37. The zero-order chi connectivity index (χ0) is 24.6. The zero-order valence-electron chi connectivity index (χ0n) is 20.4. The number of benzene rings is 2. The van der Waals surface area contributed by atoms with Crippen molar-refractivity contribution in [2.24, 2.45) is 0 Å². The molecule has 0 aliphatic rings. The predicted octanol–water partition coefficient (Wildman–Crippen LogP) is 5.70. The number of rotatable bonds is 5. The maximum Gasteiger partial charge on any atom is 0.348 e. The van der Waals surface area contributed by atoms with Crippen molar-refractivity contribution in [2.45, 2.75) is 54.4 Å².